The number of likely N-dealkylation sites (N-methyl/N-ethyl adjacent to an activating group) is 1. The van der Waals surface area contributed by atoms with Crippen LogP contribution in [0.5, 0.6) is 0 Å². The Morgan fingerprint density at radius 1 is 1.41 bits per heavy atom. The summed E-state index contributed by atoms with van der Waals surface area (Å²) >= 11 is 1.53. The molecule has 1 aromatic rings. The average molecular weight is 252 g/mol. The summed E-state index contributed by atoms with van der Waals surface area (Å²) in [6.45, 7) is 5.78. The zero-order chi connectivity index (χ0) is 11.7. The van der Waals surface area contributed by atoms with E-state index in [1.165, 1.54) is 43.8 Å². The zero-order valence-electron chi connectivity index (χ0n) is 10.4. The molecule has 2 fully saturated rings. The first-order valence-corrected chi connectivity index (χ1v) is 7.45. The van der Waals surface area contributed by atoms with Gasteiger partial charge in [-0.25, -0.2) is 4.98 Å². The van der Waals surface area contributed by atoms with Crippen LogP contribution in [0.15, 0.2) is 0 Å². The summed E-state index contributed by atoms with van der Waals surface area (Å²) in [7, 11) is 0. The van der Waals surface area contributed by atoms with E-state index >= 15 is 0 Å². The molecule has 0 aromatic carbocycles. The highest BCUT2D eigenvalue weighted by Crippen LogP contribution is 2.39. The van der Waals surface area contributed by atoms with Crippen LogP contribution in [0, 0.1) is 0 Å². The predicted octanol–water partition coefficient (Wildman–Crippen LogP) is 2.31. The molecule has 2 heterocycles. The van der Waals surface area contributed by atoms with Crippen LogP contribution in [0.3, 0.4) is 0 Å². The molecule has 1 saturated heterocycles. The Bertz CT molecular complexity index is 374. The number of aromatic nitrogens is 2. The van der Waals surface area contributed by atoms with Gasteiger partial charge in [-0.1, -0.05) is 6.92 Å². The number of nitrogens with one attached hydrogen (secondary N) is 1. The molecule has 0 amide bonds. The molecule has 1 N–H and O–H groups in total. The second kappa shape index (κ2) is 4.90. The Morgan fingerprint density at radius 3 is 3.06 bits per heavy atom. The van der Waals surface area contributed by atoms with E-state index in [0.29, 0.717) is 12.0 Å². The van der Waals surface area contributed by atoms with E-state index in [9.17, 15) is 0 Å². The van der Waals surface area contributed by atoms with Crippen LogP contribution in [0.25, 0.3) is 0 Å². The van der Waals surface area contributed by atoms with Gasteiger partial charge in [0.2, 0.25) is 5.13 Å². The van der Waals surface area contributed by atoms with Crippen LogP contribution in [-0.2, 0) is 0 Å². The number of nitrogens with zero attached hydrogens (tertiary/aromatic N) is 3. The summed E-state index contributed by atoms with van der Waals surface area (Å²) in [4.78, 5) is 7.10. The van der Waals surface area contributed by atoms with E-state index in [1.54, 1.807) is 0 Å². The molecule has 1 atom stereocenters. The van der Waals surface area contributed by atoms with E-state index in [-0.39, 0.29) is 0 Å². The van der Waals surface area contributed by atoms with Gasteiger partial charge >= 0.3 is 0 Å². The van der Waals surface area contributed by atoms with Crippen LogP contribution < -0.4 is 5.32 Å². The minimum Gasteiger partial charge on any atom is -0.356 e. The average Bonchev–Trinajstić information content (AvgIpc) is 3.11. The topological polar surface area (TPSA) is 41.0 Å². The highest BCUT2D eigenvalue weighted by Gasteiger charge is 2.28. The van der Waals surface area contributed by atoms with E-state index in [1.807, 2.05) is 0 Å². The highest BCUT2D eigenvalue weighted by molar-refractivity contribution is 7.09. The number of likely N-dealkylation sites (tertiary alicyclic amines) is 1. The van der Waals surface area contributed by atoms with Gasteiger partial charge in [0.1, 0.15) is 5.82 Å². The largest absolute Gasteiger partial charge is 0.356 e. The fourth-order valence-electron chi connectivity index (χ4n) is 2.44. The van der Waals surface area contributed by atoms with Gasteiger partial charge in [0.15, 0.2) is 0 Å². The third-order valence-corrected chi connectivity index (χ3v) is 4.32. The lowest BCUT2D eigenvalue weighted by Crippen LogP contribution is -2.41. The molecule has 1 aromatic heterocycles. The summed E-state index contributed by atoms with van der Waals surface area (Å²) in [5.74, 6) is 1.74. The van der Waals surface area contributed by atoms with Gasteiger partial charge in [-0.15, -0.1) is 0 Å². The lowest BCUT2D eigenvalue weighted by Gasteiger charge is -2.31. The van der Waals surface area contributed by atoms with Crippen LogP contribution in [0.2, 0.25) is 0 Å². The normalized spacial score (nSPS) is 26.1. The molecule has 17 heavy (non-hydrogen) atoms. The fraction of sp³-hybridized carbons (Fsp3) is 0.833. The second-order valence-corrected chi connectivity index (χ2v) is 5.86. The molecule has 0 radical (unpaired) electrons. The van der Waals surface area contributed by atoms with Crippen molar-refractivity contribution in [1.29, 1.82) is 0 Å². The molecule has 1 unspecified atom stereocenters. The first kappa shape index (κ1) is 11.4. The third kappa shape index (κ3) is 2.77. The minimum absolute atomic E-state index is 0.559. The lowest BCUT2D eigenvalue weighted by atomic mass is 10.1. The number of anilines is 1. The zero-order valence-corrected chi connectivity index (χ0v) is 11.2. The van der Waals surface area contributed by atoms with E-state index in [2.05, 4.69) is 26.5 Å². The summed E-state index contributed by atoms with van der Waals surface area (Å²) < 4.78 is 4.44. The maximum absolute atomic E-state index is 4.59. The van der Waals surface area contributed by atoms with Crippen LogP contribution >= 0.6 is 11.5 Å². The third-order valence-electron chi connectivity index (χ3n) is 3.66. The quantitative estimate of drug-likeness (QED) is 0.893. The standard InChI is InChI=1S/C12H20N4S/c1-2-16-7-3-4-10(8-16)13-12-14-11(15-17-12)9-5-6-9/h9-10H,2-8H2,1H3,(H,13,14,15). The van der Waals surface area contributed by atoms with Gasteiger partial charge in [-0.2, -0.15) is 4.37 Å². The molecule has 1 saturated carbocycles. The van der Waals surface area contributed by atoms with Crippen molar-refractivity contribution in [1.82, 2.24) is 14.3 Å². The van der Waals surface area contributed by atoms with Crippen LogP contribution in [0.1, 0.15) is 44.3 Å². The van der Waals surface area contributed by atoms with Crippen molar-refractivity contribution < 1.29 is 0 Å². The predicted molar refractivity (Wildman–Crippen MR) is 70.6 cm³/mol. The van der Waals surface area contributed by atoms with E-state index in [0.717, 1.165) is 24.0 Å². The molecule has 4 nitrogen and oxygen atoms in total. The van der Waals surface area contributed by atoms with Gasteiger partial charge in [-0.3, -0.25) is 0 Å². The van der Waals surface area contributed by atoms with Crippen molar-refractivity contribution in [2.24, 2.45) is 0 Å². The monoisotopic (exact) mass is 252 g/mol. The van der Waals surface area contributed by atoms with Crippen molar-refractivity contribution in [2.75, 3.05) is 25.0 Å². The van der Waals surface area contributed by atoms with Crippen molar-refractivity contribution >= 4 is 16.7 Å². The summed E-state index contributed by atoms with van der Waals surface area (Å²) in [6.07, 6.45) is 5.11. The Hall–Kier alpha value is -0.680. The molecule has 1 aliphatic heterocycles. The van der Waals surface area contributed by atoms with Crippen molar-refractivity contribution in [3.63, 3.8) is 0 Å². The first-order valence-electron chi connectivity index (χ1n) is 6.67. The van der Waals surface area contributed by atoms with Gasteiger partial charge in [0.25, 0.3) is 0 Å². The highest BCUT2D eigenvalue weighted by atomic mass is 32.1. The smallest absolute Gasteiger partial charge is 0.202 e. The van der Waals surface area contributed by atoms with Gasteiger partial charge < -0.3 is 10.2 Å². The Kier molecular flexibility index (Phi) is 3.29. The summed E-state index contributed by atoms with van der Waals surface area (Å²) in [5, 5.41) is 4.57. The summed E-state index contributed by atoms with van der Waals surface area (Å²) in [6, 6.07) is 0.559. The molecule has 1 aliphatic carbocycles. The van der Waals surface area contributed by atoms with Gasteiger partial charge in [-0.05, 0) is 38.8 Å². The number of piperidine rings is 1. The summed E-state index contributed by atoms with van der Waals surface area (Å²) in [5.41, 5.74) is 0. The van der Waals surface area contributed by atoms with Crippen molar-refractivity contribution in [3.8, 4) is 0 Å². The molecule has 94 valence electrons. The Morgan fingerprint density at radius 2 is 2.29 bits per heavy atom. The maximum atomic E-state index is 4.59. The fourth-order valence-corrected chi connectivity index (χ4v) is 3.16. The van der Waals surface area contributed by atoms with Gasteiger partial charge in [0, 0.05) is 30.0 Å². The van der Waals surface area contributed by atoms with Crippen molar-refractivity contribution in [2.45, 2.75) is 44.6 Å². The molecular formula is C12H20N4S. The number of hydrogen-bond acceptors (Lipinski definition) is 5. The minimum atomic E-state index is 0.559. The first-order chi connectivity index (χ1) is 8.35. The van der Waals surface area contributed by atoms with Crippen molar-refractivity contribution in [3.05, 3.63) is 5.82 Å². The van der Waals surface area contributed by atoms with Crippen LogP contribution in [-0.4, -0.2) is 39.9 Å². The molecular weight excluding hydrogens is 232 g/mol. The molecule has 0 spiro atoms. The molecule has 0 bridgehead atoms. The molecule has 2 aliphatic rings. The SMILES string of the molecule is CCN1CCCC(Nc2nc(C3CC3)ns2)C1. The molecule has 5 heteroatoms. The Labute approximate surface area is 107 Å². The van der Waals surface area contributed by atoms with E-state index < -0.39 is 0 Å². The number of hydrogen-bond donors (Lipinski definition) is 1. The van der Waals surface area contributed by atoms with Crippen LogP contribution in [0.4, 0.5) is 5.13 Å². The lowest BCUT2D eigenvalue weighted by molar-refractivity contribution is 0.227. The number of rotatable bonds is 4. The maximum Gasteiger partial charge on any atom is 0.202 e. The molecule has 3 rings (SSSR count). The van der Waals surface area contributed by atoms with E-state index in [4.69, 9.17) is 0 Å². The Balaban J connectivity index is 1.57. The van der Waals surface area contributed by atoms with Gasteiger partial charge in [0.05, 0.1) is 0 Å². The second-order valence-electron chi connectivity index (χ2n) is 5.11.